The van der Waals surface area contributed by atoms with E-state index in [1.54, 1.807) is 0 Å². The van der Waals surface area contributed by atoms with Crippen molar-refractivity contribution < 1.29 is 4.52 Å². The molecule has 0 atom stereocenters. The molecule has 0 unspecified atom stereocenters. The predicted molar refractivity (Wildman–Crippen MR) is 118 cm³/mol. The summed E-state index contributed by atoms with van der Waals surface area (Å²) in [5, 5.41) is 6.29. The fourth-order valence-corrected chi connectivity index (χ4v) is 5.07. The molecule has 0 radical (unpaired) electrons. The zero-order valence-electron chi connectivity index (χ0n) is 16.9. The zero-order chi connectivity index (χ0) is 20.3. The van der Waals surface area contributed by atoms with E-state index in [2.05, 4.69) is 38.8 Å². The lowest BCUT2D eigenvalue weighted by Gasteiger charge is -2.34. The monoisotopic (exact) mass is 418 g/mol. The van der Waals surface area contributed by atoms with Gasteiger partial charge in [0, 0.05) is 58.7 Å². The van der Waals surface area contributed by atoms with Crippen molar-refractivity contribution in [3.8, 4) is 11.5 Å². The Bertz CT molecular complexity index is 1240. The van der Waals surface area contributed by atoms with Crippen molar-refractivity contribution in [2.75, 3.05) is 7.05 Å². The highest BCUT2D eigenvalue weighted by Gasteiger charge is 2.50. The molecular weight excluding hydrogens is 396 g/mol. The SMILES string of the molecule is CN1Cc2c(n(CCc3noc(-c4ccccc4)n3)c3ccc(Cl)cc23)CC12CC2. The second kappa shape index (κ2) is 6.69. The van der Waals surface area contributed by atoms with Gasteiger partial charge in [0.2, 0.25) is 0 Å². The second-order valence-corrected chi connectivity index (χ2v) is 9.06. The molecular formula is C24H23ClN4O. The van der Waals surface area contributed by atoms with Crippen LogP contribution in [-0.2, 0) is 25.9 Å². The normalized spacial score (nSPS) is 17.5. The average molecular weight is 419 g/mol. The van der Waals surface area contributed by atoms with Crippen LogP contribution >= 0.6 is 11.6 Å². The van der Waals surface area contributed by atoms with E-state index in [1.165, 1.54) is 35.0 Å². The summed E-state index contributed by atoms with van der Waals surface area (Å²) in [6, 6.07) is 16.2. The van der Waals surface area contributed by atoms with Gasteiger partial charge in [-0.3, -0.25) is 4.90 Å². The number of likely N-dealkylation sites (N-methyl/N-ethyl adjacent to an activating group) is 1. The highest BCUT2D eigenvalue weighted by Crippen LogP contribution is 2.49. The highest BCUT2D eigenvalue weighted by atomic mass is 35.5. The van der Waals surface area contributed by atoms with Gasteiger partial charge >= 0.3 is 0 Å². The molecule has 4 aromatic rings. The minimum atomic E-state index is 0.357. The zero-order valence-corrected chi connectivity index (χ0v) is 17.7. The summed E-state index contributed by atoms with van der Waals surface area (Å²) in [5.74, 6) is 1.32. The van der Waals surface area contributed by atoms with Crippen molar-refractivity contribution in [2.24, 2.45) is 0 Å². The van der Waals surface area contributed by atoms with E-state index in [-0.39, 0.29) is 0 Å². The van der Waals surface area contributed by atoms with E-state index in [9.17, 15) is 0 Å². The van der Waals surface area contributed by atoms with Crippen LogP contribution < -0.4 is 0 Å². The molecule has 0 saturated heterocycles. The topological polar surface area (TPSA) is 47.1 Å². The molecule has 1 aliphatic heterocycles. The Balaban J connectivity index is 1.34. The Hall–Kier alpha value is -2.63. The summed E-state index contributed by atoms with van der Waals surface area (Å²) in [5.41, 5.74) is 5.44. The summed E-state index contributed by atoms with van der Waals surface area (Å²) < 4.78 is 7.96. The molecule has 2 aliphatic rings. The Labute approximate surface area is 180 Å². The second-order valence-electron chi connectivity index (χ2n) is 8.63. The number of benzene rings is 2. The van der Waals surface area contributed by atoms with Crippen molar-refractivity contribution in [3.63, 3.8) is 0 Å². The molecule has 1 saturated carbocycles. The maximum atomic E-state index is 6.35. The van der Waals surface area contributed by atoms with Crippen molar-refractivity contribution in [2.45, 2.75) is 44.3 Å². The smallest absolute Gasteiger partial charge is 0.257 e. The van der Waals surface area contributed by atoms with Gasteiger partial charge in [-0.1, -0.05) is 35.0 Å². The Morgan fingerprint density at radius 3 is 2.77 bits per heavy atom. The third-order valence-electron chi connectivity index (χ3n) is 6.83. The molecule has 5 nitrogen and oxygen atoms in total. The van der Waals surface area contributed by atoms with E-state index in [0.717, 1.165) is 42.3 Å². The molecule has 6 heteroatoms. The van der Waals surface area contributed by atoms with Crippen molar-refractivity contribution in [3.05, 3.63) is 70.6 Å². The predicted octanol–water partition coefficient (Wildman–Crippen LogP) is 5.11. The average Bonchev–Trinajstić information content (AvgIpc) is 3.27. The molecule has 30 heavy (non-hydrogen) atoms. The van der Waals surface area contributed by atoms with Gasteiger partial charge in [-0.25, -0.2) is 0 Å². The summed E-state index contributed by atoms with van der Waals surface area (Å²) in [6.07, 6.45) is 4.41. The van der Waals surface area contributed by atoms with E-state index in [1.807, 2.05) is 36.4 Å². The van der Waals surface area contributed by atoms with E-state index in [0.29, 0.717) is 11.4 Å². The summed E-state index contributed by atoms with van der Waals surface area (Å²) in [7, 11) is 2.26. The van der Waals surface area contributed by atoms with Crippen LogP contribution in [0.15, 0.2) is 53.1 Å². The number of hydrogen-bond donors (Lipinski definition) is 0. The Kier molecular flexibility index (Phi) is 4.05. The summed E-state index contributed by atoms with van der Waals surface area (Å²) in [6.45, 7) is 1.82. The van der Waals surface area contributed by atoms with Gasteiger partial charge < -0.3 is 9.09 Å². The molecule has 2 aromatic carbocycles. The van der Waals surface area contributed by atoms with Gasteiger partial charge in [0.1, 0.15) is 0 Å². The largest absolute Gasteiger partial charge is 0.344 e. The van der Waals surface area contributed by atoms with Crippen LogP contribution in [0.25, 0.3) is 22.4 Å². The first-order valence-corrected chi connectivity index (χ1v) is 10.9. The number of hydrogen-bond acceptors (Lipinski definition) is 4. The van der Waals surface area contributed by atoms with Crippen molar-refractivity contribution in [1.29, 1.82) is 0 Å². The molecule has 1 fully saturated rings. The minimum absolute atomic E-state index is 0.357. The van der Waals surface area contributed by atoms with Gasteiger partial charge in [0.25, 0.3) is 5.89 Å². The number of nitrogens with zero attached hydrogens (tertiary/aromatic N) is 4. The fourth-order valence-electron chi connectivity index (χ4n) is 4.90. The standard InChI is InChI=1S/C24H23ClN4O/c1-28-15-19-18-13-17(25)7-8-20(18)29(21(19)14-24(28)10-11-24)12-9-22-26-23(30-27-22)16-5-3-2-4-6-16/h2-8,13H,9-12,14-15H2,1H3. The summed E-state index contributed by atoms with van der Waals surface area (Å²) in [4.78, 5) is 7.15. The lowest BCUT2D eigenvalue weighted by molar-refractivity contribution is 0.192. The van der Waals surface area contributed by atoms with Crippen LogP contribution in [0.4, 0.5) is 0 Å². The Morgan fingerprint density at radius 2 is 1.97 bits per heavy atom. The first kappa shape index (κ1) is 18.2. The number of aromatic nitrogens is 3. The van der Waals surface area contributed by atoms with Crippen molar-refractivity contribution >= 4 is 22.5 Å². The van der Waals surface area contributed by atoms with Gasteiger partial charge in [0.15, 0.2) is 5.82 Å². The molecule has 2 aromatic heterocycles. The van der Waals surface area contributed by atoms with E-state index in [4.69, 9.17) is 16.1 Å². The molecule has 1 aliphatic carbocycles. The fraction of sp³-hybridized carbons (Fsp3) is 0.333. The number of aryl methyl sites for hydroxylation is 2. The lowest BCUT2D eigenvalue weighted by Crippen LogP contribution is -2.40. The van der Waals surface area contributed by atoms with Gasteiger partial charge in [0.05, 0.1) is 0 Å². The van der Waals surface area contributed by atoms with Crippen LogP contribution in [0.3, 0.4) is 0 Å². The Morgan fingerprint density at radius 1 is 1.13 bits per heavy atom. The number of rotatable bonds is 4. The van der Waals surface area contributed by atoms with Crippen LogP contribution in [0.5, 0.6) is 0 Å². The molecule has 0 bridgehead atoms. The van der Waals surface area contributed by atoms with Crippen LogP contribution in [0.1, 0.15) is 29.9 Å². The van der Waals surface area contributed by atoms with Crippen LogP contribution in [-0.4, -0.2) is 32.2 Å². The maximum Gasteiger partial charge on any atom is 0.257 e. The van der Waals surface area contributed by atoms with Crippen LogP contribution in [0.2, 0.25) is 5.02 Å². The quantitative estimate of drug-likeness (QED) is 0.462. The molecule has 152 valence electrons. The molecule has 3 heterocycles. The highest BCUT2D eigenvalue weighted by molar-refractivity contribution is 6.31. The minimum Gasteiger partial charge on any atom is -0.344 e. The summed E-state index contributed by atoms with van der Waals surface area (Å²) >= 11 is 6.35. The van der Waals surface area contributed by atoms with E-state index < -0.39 is 0 Å². The van der Waals surface area contributed by atoms with E-state index >= 15 is 0 Å². The molecule has 1 spiro atoms. The third-order valence-corrected chi connectivity index (χ3v) is 7.06. The van der Waals surface area contributed by atoms with Gasteiger partial charge in [-0.2, -0.15) is 4.98 Å². The number of fused-ring (bicyclic) bond motifs is 3. The molecule has 0 amide bonds. The maximum absolute atomic E-state index is 6.35. The van der Waals surface area contributed by atoms with Crippen molar-refractivity contribution in [1.82, 2.24) is 19.6 Å². The molecule has 6 rings (SSSR count). The molecule has 0 N–H and O–H groups in total. The first-order chi connectivity index (χ1) is 14.6. The number of halogens is 1. The third kappa shape index (κ3) is 2.88. The van der Waals surface area contributed by atoms with Gasteiger partial charge in [-0.15, -0.1) is 0 Å². The lowest BCUT2D eigenvalue weighted by atomic mass is 9.97. The van der Waals surface area contributed by atoms with Crippen LogP contribution in [0, 0.1) is 0 Å². The first-order valence-electron chi connectivity index (χ1n) is 10.5. The van der Waals surface area contributed by atoms with Gasteiger partial charge in [-0.05, 0) is 55.8 Å².